The maximum atomic E-state index is 13.0. The van der Waals surface area contributed by atoms with E-state index in [4.69, 9.17) is 0 Å². The first-order valence-electron chi connectivity index (χ1n) is 10.4. The Labute approximate surface area is 191 Å². The molecule has 8 nitrogen and oxygen atoms in total. The highest BCUT2D eigenvalue weighted by Gasteiger charge is 2.47. The molecule has 1 aliphatic carbocycles. The quantitative estimate of drug-likeness (QED) is 0.614. The Morgan fingerprint density at radius 1 is 1.12 bits per heavy atom. The fraction of sp³-hybridized carbons (Fsp3) is 0.200. The first-order chi connectivity index (χ1) is 15.7. The van der Waals surface area contributed by atoms with Gasteiger partial charge in [0.1, 0.15) is 6.10 Å². The standard InChI is InChI=1S/C25H24N4O4/c1-15-11-12-19(14-16(15)2)29-23(31)21(17(3)27-29)26-28-25(24(32)33)13-7-10-20(22(25)30)18-8-5-4-6-9-18/h4-14,22,28,30H,1-3H3,(H,32,33)/b26-21-. The second kappa shape index (κ2) is 8.48. The Balaban J connectivity index is 1.64. The summed E-state index contributed by atoms with van der Waals surface area (Å²) in [5, 5.41) is 30.7. The van der Waals surface area contributed by atoms with Crippen LogP contribution in [0.2, 0.25) is 0 Å². The molecule has 1 amide bonds. The first-order valence-corrected chi connectivity index (χ1v) is 10.4. The van der Waals surface area contributed by atoms with Gasteiger partial charge >= 0.3 is 11.9 Å². The summed E-state index contributed by atoms with van der Waals surface area (Å²) >= 11 is 0. The monoisotopic (exact) mass is 444 g/mol. The molecule has 2 atom stereocenters. The van der Waals surface area contributed by atoms with Crippen LogP contribution in [0.1, 0.15) is 23.6 Å². The van der Waals surface area contributed by atoms with Gasteiger partial charge in [0.25, 0.3) is 0 Å². The van der Waals surface area contributed by atoms with Crippen LogP contribution in [0.15, 0.2) is 77.0 Å². The molecule has 1 aliphatic heterocycles. The number of aliphatic hydroxyl groups excluding tert-OH is 1. The Morgan fingerprint density at radius 3 is 2.52 bits per heavy atom. The molecular formula is C25H24N4O4. The van der Waals surface area contributed by atoms with Crippen molar-refractivity contribution in [3.8, 4) is 0 Å². The summed E-state index contributed by atoms with van der Waals surface area (Å²) in [6.07, 6.45) is 3.08. The van der Waals surface area contributed by atoms with Gasteiger partial charge in [-0.15, -0.1) is 0 Å². The Hall–Kier alpha value is -4.04. The van der Waals surface area contributed by atoms with Gasteiger partial charge in [0.05, 0.1) is 11.4 Å². The molecule has 2 aliphatic rings. The number of carbonyl (C=O) groups is 2. The van der Waals surface area contributed by atoms with Gasteiger partial charge in [-0.05, 0) is 61.2 Å². The van der Waals surface area contributed by atoms with E-state index in [-0.39, 0.29) is 5.71 Å². The van der Waals surface area contributed by atoms with Crippen molar-refractivity contribution in [1.82, 2.24) is 5.43 Å². The molecule has 33 heavy (non-hydrogen) atoms. The summed E-state index contributed by atoms with van der Waals surface area (Å²) in [7, 11) is 0. The Kier molecular flexibility index (Phi) is 5.69. The zero-order chi connectivity index (χ0) is 23.8. The fourth-order valence-electron chi connectivity index (χ4n) is 3.76. The van der Waals surface area contributed by atoms with E-state index in [9.17, 15) is 19.8 Å². The lowest BCUT2D eigenvalue weighted by Gasteiger charge is -2.34. The zero-order valence-electron chi connectivity index (χ0n) is 18.5. The summed E-state index contributed by atoms with van der Waals surface area (Å²) < 4.78 is 0. The molecule has 0 bridgehead atoms. The van der Waals surface area contributed by atoms with Crippen LogP contribution >= 0.6 is 0 Å². The normalized spacial score (nSPS) is 23.5. The highest BCUT2D eigenvalue weighted by Crippen LogP contribution is 2.31. The van der Waals surface area contributed by atoms with Gasteiger partial charge in [-0.2, -0.15) is 15.2 Å². The van der Waals surface area contributed by atoms with Crippen molar-refractivity contribution in [3.63, 3.8) is 0 Å². The molecule has 0 aromatic heterocycles. The number of aliphatic hydroxyl groups is 1. The molecule has 0 fully saturated rings. The number of anilines is 1. The van der Waals surface area contributed by atoms with Gasteiger partial charge in [-0.3, -0.25) is 10.2 Å². The third-order valence-electron chi connectivity index (χ3n) is 5.90. The topological polar surface area (TPSA) is 115 Å². The Morgan fingerprint density at radius 2 is 1.85 bits per heavy atom. The number of carbonyl (C=O) groups excluding carboxylic acids is 1. The molecule has 0 saturated carbocycles. The number of benzene rings is 2. The minimum Gasteiger partial charge on any atom is -0.479 e. The molecule has 2 unspecified atom stereocenters. The van der Waals surface area contributed by atoms with Crippen LogP contribution in [0, 0.1) is 13.8 Å². The van der Waals surface area contributed by atoms with E-state index in [1.165, 1.54) is 11.1 Å². The predicted octanol–water partition coefficient (Wildman–Crippen LogP) is 2.81. The van der Waals surface area contributed by atoms with Crippen LogP contribution in [0.4, 0.5) is 5.69 Å². The van der Waals surface area contributed by atoms with Crippen LogP contribution in [0.25, 0.3) is 5.57 Å². The number of carboxylic acids is 1. The van der Waals surface area contributed by atoms with Crippen molar-refractivity contribution in [1.29, 1.82) is 0 Å². The van der Waals surface area contributed by atoms with Crippen molar-refractivity contribution in [2.75, 3.05) is 5.01 Å². The van der Waals surface area contributed by atoms with Crippen LogP contribution in [0.3, 0.4) is 0 Å². The lowest BCUT2D eigenvalue weighted by atomic mass is 9.81. The van der Waals surface area contributed by atoms with Gasteiger partial charge in [-0.1, -0.05) is 48.6 Å². The molecule has 2 aromatic carbocycles. The smallest absolute Gasteiger partial charge is 0.338 e. The average Bonchev–Trinajstić information content (AvgIpc) is 3.09. The zero-order valence-corrected chi connectivity index (χ0v) is 18.5. The van der Waals surface area contributed by atoms with Gasteiger partial charge in [0.2, 0.25) is 0 Å². The Bertz CT molecular complexity index is 1250. The number of aliphatic carboxylic acids is 1. The number of nitrogens with zero attached hydrogens (tertiary/aromatic N) is 3. The lowest BCUT2D eigenvalue weighted by Crippen LogP contribution is -2.58. The van der Waals surface area contributed by atoms with Crippen LogP contribution < -0.4 is 10.4 Å². The van der Waals surface area contributed by atoms with Crippen molar-refractivity contribution in [2.45, 2.75) is 32.4 Å². The number of allylic oxidation sites excluding steroid dienone is 2. The number of carboxylic acid groups (broad SMARTS) is 1. The minimum absolute atomic E-state index is 0.0229. The molecule has 0 radical (unpaired) electrons. The molecule has 4 rings (SSSR count). The molecule has 0 saturated heterocycles. The van der Waals surface area contributed by atoms with Crippen molar-refractivity contribution < 1.29 is 19.8 Å². The third-order valence-corrected chi connectivity index (χ3v) is 5.90. The van der Waals surface area contributed by atoms with Crippen LogP contribution in [-0.4, -0.2) is 45.2 Å². The van der Waals surface area contributed by atoms with E-state index in [1.54, 1.807) is 49.4 Å². The second-order valence-electron chi connectivity index (χ2n) is 8.07. The minimum atomic E-state index is -1.96. The summed E-state index contributed by atoms with van der Waals surface area (Å²) in [5.41, 5.74) is 4.71. The number of hydrogen-bond donors (Lipinski definition) is 3. The van der Waals surface area contributed by atoms with E-state index in [0.717, 1.165) is 11.1 Å². The molecule has 2 aromatic rings. The van der Waals surface area contributed by atoms with E-state index < -0.39 is 23.5 Å². The molecule has 3 N–H and O–H groups in total. The lowest BCUT2D eigenvalue weighted by molar-refractivity contribution is -0.145. The summed E-state index contributed by atoms with van der Waals surface area (Å²) in [4.78, 5) is 25.3. The molecule has 0 spiro atoms. The molecular weight excluding hydrogens is 420 g/mol. The van der Waals surface area contributed by atoms with E-state index in [1.807, 2.05) is 32.0 Å². The predicted molar refractivity (Wildman–Crippen MR) is 127 cm³/mol. The number of rotatable bonds is 5. The highest BCUT2D eigenvalue weighted by molar-refractivity contribution is 6.71. The number of hydrazone groups is 2. The number of nitrogens with one attached hydrogen (secondary N) is 1. The maximum absolute atomic E-state index is 13.0. The molecule has 1 heterocycles. The van der Waals surface area contributed by atoms with Crippen LogP contribution in [-0.2, 0) is 9.59 Å². The number of amides is 1. The molecule has 8 heteroatoms. The molecule has 168 valence electrons. The first kappa shape index (κ1) is 22.2. The van der Waals surface area contributed by atoms with Gasteiger partial charge in [0.15, 0.2) is 11.3 Å². The maximum Gasteiger partial charge on any atom is 0.338 e. The number of aryl methyl sites for hydroxylation is 2. The highest BCUT2D eigenvalue weighted by atomic mass is 16.4. The third kappa shape index (κ3) is 3.85. The van der Waals surface area contributed by atoms with Crippen LogP contribution in [0.5, 0.6) is 0 Å². The second-order valence-corrected chi connectivity index (χ2v) is 8.07. The summed E-state index contributed by atoms with van der Waals surface area (Å²) in [6, 6.07) is 14.5. The van der Waals surface area contributed by atoms with E-state index in [0.29, 0.717) is 22.5 Å². The van der Waals surface area contributed by atoms with Crippen molar-refractivity contribution in [2.24, 2.45) is 10.2 Å². The van der Waals surface area contributed by atoms with Crippen molar-refractivity contribution >= 4 is 34.6 Å². The largest absolute Gasteiger partial charge is 0.479 e. The van der Waals surface area contributed by atoms with E-state index >= 15 is 0 Å². The SMILES string of the molecule is CC1=NN(c2ccc(C)c(C)c2)C(=O)/C1=N\NC1(C(=O)O)C=CC=C(c2ccccc2)C1O. The van der Waals surface area contributed by atoms with E-state index in [2.05, 4.69) is 15.6 Å². The fourth-order valence-corrected chi connectivity index (χ4v) is 3.76. The van der Waals surface area contributed by atoms with Gasteiger partial charge < -0.3 is 10.2 Å². The van der Waals surface area contributed by atoms with Gasteiger partial charge in [-0.25, -0.2) is 4.79 Å². The number of hydrogen-bond acceptors (Lipinski definition) is 6. The van der Waals surface area contributed by atoms with Gasteiger partial charge in [0, 0.05) is 0 Å². The van der Waals surface area contributed by atoms with Crippen molar-refractivity contribution in [3.05, 3.63) is 83.4 Å². The summed E-state index contributed by atoms with van der Waals surface area (Å²) in [6.45, 7) is 5.54. The average molecular weight is 444 g/mol. The summed E-state index contributed by atoms with van der Waals surface area (Å²) in [5.74, 6) is -1.82.